The number of rotatable bonds is 3. The molecule has 4 aliphatic carbocycles. The molecule has 2 heterocycles. The highest BCUT2D eigenvalue weighted by Gasteiger charge is 2.76. The van der Waals surface area contributed by atoms with E-state index in [9.17, 15) is 9.90 Å². The second-order valence-corrected chi connectivity index (χ2v) is 10.0. The van der Waals surface area contributed by atoms with Crippen molar-refractivity contribution in [3.05, 3.63) is 23.4 Å². The number of nitrogens with one attached hydrogen (secondary N) is 2. The van der Waals surface area contributed by atoms with Crippen LogP contribution < -0.4 is 15.5 Å². The Labute approximate surface area is 166 Å². The molecule has 3 N–H and O–H groups in total. The van der Waals surface area contributed by atoms with Crippen LogP contribution in [0.4, 0.5) is 5.82 Å². The predicted molar refractivity (Wildman–Crippen MR) is 106 cm³/mol. The summed E-state index contributed by atoms with van der Waals surface area (Å²) >= 11 is 0. The maximum atomic E-state index is 13.1. The smallest absolute Gasteiger partial charge is 0.270 e. The molecule has 1 saturated heterocycles. The number of hydrogen-bond acceptors (Lipinski definition) is 5. The van der Waals surface area contributed by atoms with Gasteiger partial charge in [-0.15, -0.1) is 0 Å². The van der Waals surface area contributed by atoms with Gasteiger partial charge in [0.2, 0.25) is 0 Å². The molecule has 1 aromatic rings. The Kier molecular flexibility index (Phi) is 3.50. The van der Waals surface area contributed by atoms with Gasteiger partial charge in [-0.2, -0.15) is 0 Å². The van der Waals surface area contributed by atoms with Crippen LogP contribution in [0.2, 0.25) is 0 Å². The lowest BCUT2D eigenvalue weighted by Crippen LogP contribution is -2.57. The van der Waals surface area contributed by atoms with Gasteiger partial charge in [-0.3, -0.25) is 4.79 Å². The zero-order chi connectivity index (χ0) is 19.1. The van der Waals surface area contributed by atoms with Crippen LogP contribution in [-0.4, -0.2) is 53.8 Å². The molecule has 3 bridgehead atoms. The molecular formula is C22H30N4O2. The van der Waals surface area contributed by atoms with Crippen LogP contribution in [0.1, 0.15) is 48.2 Å². The van der Waals surface area contributed by atoms with Crippen molar-refractivity contribution in [2.45, 2.75) is 50.7 Å². The van der Waals surface area contributed by atoms with Crippen LogP contribution >= 0.6 is 0 Å². The SMILES string of the molecule is Cc1ccc(C(=O)N[C@@H]2C3CC4C[C@]5(O)CC2CC45C3)nc1N1CCNCC1. The summed E-state index contributed by atoms with van der Waals surface area (Å²) in [7, 11) is 0. The highest BCUT2D eigenvalue weighted by atomic mass is 16.3. The number of pyridine rings is 1. The monoisotopic (exact) mass is 382 g/mol. The van der Waals surface area contributed by atoms with E-state index in [1.165, 1.54) is 6.42 Å². The molecule has 5 aliphatic rings. The zero-order valence-corrected chi connectivity index (χ0v) is 16.6. The summed E-state index contributed by atoms with van der Waals surface area (Å²) in [5.74, 6) is 2.54. The summed E-state index contributed by atoms with van der Waals surface area (Å²) in [6, 6.07) is 4.08. The van der Waals surface area contributed by atoms with Crippen molar-refractivity contribution in [3.63, 3.8) is 0 Å². The van der Waals surface area contributed by atoms with Crippen molar-refractivity contribution in [2.75, 3.05) is 31.1 Å². The van der Waals surface area contributed by atoms with Gasteiger partial charge in [0.05, 0.1) is 5.60 Å². The number of aryl methyl sites for hydroxylation is 1. The van der Waals surface area contributed by atoms with Crippen molar-refractivity contribution in [2.24, 2.45) is 23.2 Å². The molecule has 0 radical (unpaired) electrons. The molecule has 6 atom stereocenters. The average Bonchev–Trinajstić information content (AvgIpc) is 3.06. The second kappa shape index (κ2) is 5.70. The lowest BCUT2D eigenvalue weighted by molar-refractivity contribution is -0.176. The molecule has 0 aromatic carbocycles. The van der Waals surface area contributed by atoms with Crippen LogP contribution in [0.15, 0.2) is 12.1 Å². The van der Waals surface area contributed by atoms with E-state index in [1.54, 1.807) is 0 Å². The van der Waals surface area contributed by atoms with Crippen molar-refractivity contribution >= 4 is 11.7 Å². The summed E-state index contributed by atoms with van der Waals surface area (Å²) in [4.78, 5) is 20.1. The zero-order valence-electron chi connectivity index (χ0n) is 16.6. The van der Waals surface area contributed by atoms with Gasteiger partial charge in [0, 0.05) is 37.6 Å². The van der Waals surface area contributed by atoms with Gasteiger partial charge in [-0.25, -0.2) is 4.98 Å². The van der Waals surface area contributed by atoms with Gasteiger partial charge in [-0.1, -0.05) is 6.07 Å². The molecule has 150 valence electrons. The number of amides is 1. The third-order valence-electron chi connectivity index (χ3n) is 8.77. The number of nitrogens with zero attached hydrogens (tertiary/aromatic N) is 2. The van der Waals surface area contributed by atoms with Gasteiger partial charge in [0.15, 0.2) is 0 Å². The summed E-state index contributed by atoms with van der Waals surface area (Å²) in [5.41, 5.74) is 1.40. The normalized spacial score (nSPS) is 43.0. The largest absolute Gasteiger partial charge is 0.389 e. The molecule has 6 nitrogen and oxygen atoms in total. The molecule has 1 aliphatic heterocycles. The first-order chi connectivity index (χ1) is 13.5. The summed E-state index contributed by atoms with van der Waals surface area (Å²) in [6.07, 6.45) is 5.25. The van der Waals surface area contributed by atoms with Gasteiger partial charge in [-0.05, 0) is 68.4 Å². The molecule has 4 saturated carbocycles. The molecule has 6 heteroatoms. The van der Waals surface area contributed by atoms with Gasteiger partial charge in [0.1, 0.15) is 11.5 Å². The van der Waals surface area contributed by atoms with Gasteiger partial charge >= 0.3 is 0 Å². The Morgan fingerprint density at radius 3 is 2.82 bits per heavy atom. The van der Waals surface area contributed by atoms with Gasteiger partial charge < -0.3 is 20.6 Å². The van der Waals surface area contributed by atoms with E-state index in [0.717, 1.165) is 63.2 Å². The molecule has 1 spiro atoms. The van der Waals surface area contributed by atoms with Crippen LogP contribution in [0, 0.1) is 30.1 Å². The molecule has 28 heavy (non-hydrogen) atoms. The minimum Gasteiger partial charge on any atom is -0.389 e. The fourth-order valence-electron chi connectivity index (χ4n) is 7.55. The summed E-state index contributed by atoms with van der Waals surface area (Å²) in [5, 5.41) is 17.8. The fraction of sp³-hybridized carbons (Fsp3) is 0.727. The third-order valence-corrected chi connectivity index (χ3v) is 8.77. The minimum atomic E-state index is -0.436. The van der Waals surface area contributed by atoms with Crippen molar-refractivity contribution in [3.8, 4) is 0 Å². The number of carbonyl (C=O) groups excluding carboxylic acids is 1. The van der Waals surface area contributed by atoms with Crippen molar-refractivity contribution in [1.29, 1.82) is 0 Å². The Bertz CT molecular complexity index is 834. The van der Waals surface area contributed by atoms with Crippen molar-refractivity contribution < 1.29 is 9.90 Å². The minimum absolute atomic E-state index is 0.0478. The highest BCUT2D eigenvalue weighted by molar-refractivity contribution is 5.93. The summed E-state index contributed by atoms with van der Waals surface area (Å²) < 4.78 is 0. The average molecular weight is 383 g/mol. The number of aliphatic hydroxyl groups is 1. The number of carbonyl (C=O) groups is 1. The fourth-order valence-corrected chi connectivity index (χ4v) is 7.55. The van der Waals surface area contributed by atoms with Crippen LogP contribution in [0.25, 0.3) is 0 Å². The number of fused-ring (bicyclic) bond motifs is 2. The number of piperazine rings is 1. The molecule has 5 fully saturated rings. The quantitative estimate of drug-likeness (QED) is 0.738. The molecule has 6 rings (SSSR count). The lowest BCUT2D eigenvalue weighted by Gasteiger charge is -2.55. The first-order valence-corrected chi connectivity index (χ1v) is 11.0. The van der Waals surface area contributed by atoms with E-state index in [2.05, 4.69) is 22.5 Å². The summed E-state index contributed by atoms with van der Waals surface area (Å²) in [6.45, 7) is 5.82. The lowest BCUT2D eigenvalue weighted by atomic mass is 9.53. The number of anilines is 1. The van der Waals surface area contributed by atoms with E-state index in [-0.39, 0.29) is 17.4 Å². The molecule has 1 amide bonds. The van der Waals surface area contributed by atoms with E-state index >= 15 is 0 Å². The first-order valence-electron chi connectivity index (χ1n) is 11.0. The highest BCUT2D eigenvalue weighted by Crippen LogP contribution is 2.77. The molecular weight excluding hydrogens is 352 g/mol. The van der Waals surface area contributed by atoms with Crippen LogP contribution in [-0.2, 0) is 0 Å². The molecule has 1 aromatic heterocycles. The number of aromatic nitrogens is 1. The molecule has 4 unspecified atom stereocenters. The maximum absolute atomic E-state index is 13.1. The van der Waals surface area contributed by atoms with E-state index in [1.807, 2.05) is 12.1 Å². The Morgan fingerprint density at radius 1 is 1.21 bits per heavy atom. The Hall–Kier alpha value is -1.66. The van der Waals surface area contributed by atoms with E-state index < -0.39 is 5.60 Å². The Balaban J connectivity index is 1.22. The van der Waals surface area contributed by atoms with Gasteiger partial charge in [0.25, 0.3) is 5.91 Å². The standard InChI is InChI=1S/C22H30N4O2/c1-13-2-3-17(24-19(13)26-6-4-23-5-7-26)20(27)25-18-14-8-16-12-22(28)11-15(18)10-21(16,22)9-14/h2-3,14-16,18,23,28H,4-12H2,1H3,(H,25,27)/t14?,15?,16?,18-,21?,22-/m1/s1. The predicted octanol–water partition coefficient (Wildman–Crippen LogP) is 1.47. The van der Waals surface area contributed by atoms with E-state index in [0.29, 0.717) is 23.4 Å². The Morgan fingerprint density at radius 2 is 2.00 bits per heavy atom. The second-order valence-electron chi connectivity index (χ2n) is 10.0. The maximum Gasteiger partial charge on any atom is 0.270 e. The van der Waals surface area contributed by atoms with Crippen molar-refractivity contribution in [1.82, 2.24) is 15.6 Å². The van der Waals surface area contributed by atoms with Crippen LogP contribution in [0.3, 0.4) is 0 Å². The first kappa shape index (κ1) is 17.2. The topological polar surface area (TPSA) is 77.5 Å². The number of hydrogen-bond donors (Lipinski definition) is 3. The van der Waals surface area contributed by atoms with E-state index in [4.69, 9.17) is 4.98 Å². The van der Waals surface area contributed by atoms with Crippen LogP contribution in [0.5, 0.6) is 0 Å². The third kappa shape index (κ3) is 2.16.